The summed E-state index contributed by atoms with van der Waals surface area (Å²) in [6.45, 7) is 1.93. The zero-order chi connectivity index (χ0) is 17.2. The van der Waals surface area contributed by atoms with Gasteiger partial charge in [0.05, 0.1) is 6.04 Å². The summed E-state index contributed by atoms with van der Waals surface area (Å²) in [4.78, 5) is 12.2. The molecule has 0 radical (unpaired) electrons. The highest BCUT2D eigenvalue weighted by atomic mass is 35.5. The van der Waals surface area contributed by atoms with Gasteiger partial charge in [-0.2, -0.15) is 0 Å². The number of benzene rings is 2. The summed E-state index contributed by atoms with van der Waals surface area (Å²) in [7, 11) is 0. The normalized spacial score (nSPS) is 12.7. The summed E-state index contributed by atoms with van der Waals surface area (Å²) in [6.07, 6.45) is 4.21. The van der Waals surface area contributed by atoms with E-state index in [0.29, 0.717) is 6.42 Å². The van der Waals surface area contributed by atoms with Crippen molar-refractivity contribution in [2.45, 2.75) is 51.1 Å². The van der Waals surface area contributed by atoms with Crippen LogP contribution in [0.5, 0.6) is 0 Å². The Morgan fingerprint density at radius 3 is 2.20 bits per heavy atom. The average molecular weight is 361 g/mol. The molecule has 2 rings (SSSR count). The van der Waals surface area contributed by atoms with Crippen LogP contribution in [0.2, 0.25) is 0 Å². The average Bonchev–Trinajstić information content (AvgIpc) is 2.61. The minimum atomic E-state index is 0. The van der Waals surface area contributed by atoms with Gasteiger partial charge in [-0.25, -0.2) is 0 Å². The van der Waals surface area contributed by atoms with Crippen LogP contribution in [0.4, 0.5) is 0 Å². The van der Waals surface area contributed by atoms with Crippen LogP contribution in [0.1, 0.15) is 49.8 Å². The number of nitrogens with two attached hydrogens (primary N) is 1. The zero-order valence-electron chi connectivity index (χ0n) is 14.9. The fourth-order valence-electron chi connectivity index (χ4n) is 2.79. The topological polar surface area (TPSA) is 55.1 Å². The van der Waals surface area contributed by atoms with Crippen LogP contribution in [0.15, 0.2) is 60.7 Å². The summed E-state index contributed by atoms with van der Waals surface area (Å²) in [5, 5.41) is 3.18. The van der Waals surface area contributed by atoms with Crippen molar-refractivity contribution in [1.82, 2.24) is 5.32 Å². The Kier molecular flexibility index (Phi) is 9.90. The number of carbonyl (C=O) groups is 1. The standard InChI is InChI=1S/C21H28N2O.ClH/c1-17(22)15-16-21(24)23-20(19-12-6-3-7-13-19)14-8-11-18-9-4-2-5-10-18;/h2-7,9-10,12-13,17,20H,8,11,14-16,22H2,1H3,(H,23,24);1H. The first-order valence-corrected chi connectivity index (χ1v) is 8.79. The SMILES string of the molecule is CC(N)CCC(=O)NC(CCCc1ccccc1)c1ccccc1.Cl. The molecule has 0 bridgehead atoms. The number of nitrogens with one attached hydrogen (secondary N) is 1. The van der Waals surface area contributed by atoms with Crippen molar-refractivity contribution in [1.29, 1.82) is 0 Å². The number of hydrogen-bond donors (Lipinski definition) is 2. The van der Waals surface area contributed by atoms with Crippen molar-refractivity contribution in [3.63, 3.8) is 0 Å². The van der Waals surface area contributed by atoms with Crippen molar-refractivity contribution in [2.24, 2.45) is 5.73 Å². The number of rotatable bonds is 9. The molecule has 25 heavy (non-hydrogen) atoms. The summed E-state index contributed by atoms with van der Waals surface area (Å²) in [5.41, 5.74) is 8.25. The molecule has 2 unspecified atom stereocenters. The molecule has 1 amide bonds. The number of carbonyl (C=O) groups excluding carboxylic acids is 1. The second-order valence-corrected chi connectivity index (χ2v) is 6.42. The molecule has 0 fully saturated rings. The molecule has 3 N–H and O–H groups in total. The molecule has 0 aliphatic heterocycles. The van der Waals surface area contributed by atoms with Crippen molar-refractivity contribution >= 4 is 18.3 Å². The summed E-state index contributed by atoms with van der Waals surface area (Å²) >= 11 is 0. The van der Waals surface area contributed by atoms with Crippen LogP contribution >= 0.6 is 12.4 Å². The number of hydrogen-bond acceptors (Lipinski definition) is 2. The highest BCUT2D eigenvalue weighted by Crippen LogP contribution is 2.20. The van der Waals surface area contributed by atoms with E-state index >= 15 is 0 Å². The minimum absolute atomic E-state index is 0. The van der Waals surface area contributed by atoms with Gasteiger partial charge in [-0.15, -0.1) is 12.4 Å². The van der Waals surface area contributed by atoms with Crippen molar-refractivity contribution in [2.75, 3.05) is 0 Å². The summed E-state index contributed by atoms with van der Waals surface area (Å²) < 4.78 is 0. The van der Waals surface area contributed by atoms with Crippen LogP contribution in [-0.4, -0.2) is 11.9 Å². The Labute approximate surface area is 157 Å². The van der Waals surface area contributed by atoms with Crippen LogP contribution in [0.3, 0.4) is 0 Å². The lowest BCUT2D eigenvalue weighted by molar-refractivity contribution is -0.122. The molecule has 0 spiro atoms. The molecule has 0 aliphatic carbocycles. The van der Waals surface area contributed by atoms with E-state index in [1.54, 1.807) is 0 Å². The third kappa shape index (κ3) is 8.19. The quantitative estimate of drug-likeness (QED) is 0.695. The van der Waals surface area contributed by atoms with Crippen LogP contribution in [0.25, 0.3) is 0 Å². The molecule has 0 saturated carbocycles. The Morgan fingerprint density at radius 1 is 1.00 bits per heavy atom. The third-order valence-corrected chi connectivity index (χ3v) is 4.16. The zero-order valence-corrected chi connectivity index (χ0v) is 15.7. The molecular formula is C21H29ClN2O. The Morgan fingerprint density at radius 2 is 1.60 bits per heavy atom. The van der Waals surface area contributed by atoms with Crippen LogP contribution in [0, 0.1) is 0 Å². The summed E-state index contributed by atoms with van der Waals surface area (Å²) in [6, 6.07) is 20.8. The molecule has 4 heteroatoms. The first-order valence-electron chi connectivity index (χ1n) is 8.79. The molecule has 2 aromatic rings. The van der Waals surface area contributed by atoms with Gasteiger partial charge in [0.25, 0.3) is 0 Å². The maximum Gasteiger partial charge on any atom is 0.220 e. The van der Waals surface area contributed by atoms with E-state index < -0.39 is 0 Å². The van der Waals surface area contributed by atoms with Gasteiger partial charge in [-0.3, -0.25) is 4.79 Å². The first kappa shape index (κ1) is 21.2. The summed E-state index contributed by atoms with van der Waals surface area (Å²) in [5.74, 6) is 0.0841. The lowest BCUT2D eigenvalue weighted by Gasteiger charge is -2.20. The molecule has 0 heterocycles. The Balaban J connectivity index is 0.00000312. The van der Waals surface area contributed by atoms with Crippen molar-refractivity contribution < 1.29 is 4.79 Å². The lowest BCUT2D eigenvalue weighted by Crippen LogP contribution is -2.30. The second kappa shape index (κ2) is 11.7. The highest BCUT2D eigenvalue weighted by molar-refractivity contribution is 5.85. The van der Waals surface area contributed by atoms with Gasteiger partial charge < -0.3 is 11.1 Å². The van der Waals surface area contributed by atoms with Gasteiger partial charge in [0.15, 0.2) is 0 Å². The third-order valence-electron chi connectivity index (χ3n) is 4.16. The maximum atomic E-state index is 12.2. The number of halogens is 1. The van der Waals surface area contributed by atoms with Gasteiger partial charge in [-0.1, -0.05) is 60.7 Å². The van der Waals surface area contributed by atoms with E-state index in [2.05, 4.69) is 41.7 Å². The molecule has 0 saturated heterocycles. The van der Waals surface area contributed by atoms with E-state index in [1.807, 2.05) is 31.2 Å². The smallest absolute Gasteiger partial charge is 0.220 e. The van der Waals surface area contributed by atoms with E-state index in [-0.39, 0.29) is 30.4 Å². The van der Waals surface area contributed by atoms with Gasteiger partial charge in [0.2, 0.25) is 5.91 Å². The molecule has 2 atom stereocenters. The van der Waals surface area contributed by atoms with Crippen molar-refractivity contribution in [3.8, 4) is 0 Å². The van der Waals surface area contributed by atoms with Crippen LogP contribution < -0.4 is 11.1 Å². The molecule has 2 aromatic carbocycles. The lowest BCUT2D eigenvalue weighted by atomic mass is 9.98. The molecule has 0 aromatic heterocycles. The largest absolute Gasteiger partial charge is 0.349 e. The van der Waals surface area contributed by atoms with Gasteiger partial charge in [0.1, 0.15) is 0 Å². The maximum absolute atomic E-state index is 12.2. The predicted molar refractivity (Wildman–Crippen MR) is 107 cm³/mol. The van der Waals surface area contributed by atoms with E-state index in [9.17, 15) is 4.79 Å². The fraction of sp³-hybridized carbons (Fsp3) is 0.381. The second-order valence-electron chi connectivity index (χ2n) is 6.42. The monoisotopic (exact) mass is 360 g/mol. The Bertz CT molecular complexity index is 602. The molecule has 3 nitrogen and oxygen atoms in total. The van der Waals surface area contributed by atoms with E-state index in [0.717, 1.165) is 25.7 Å². The minimum Gasteiger partial charge on any atom is -0.349 e. The first-order chi connectivity index (χ1) is 11.6. The number of amides is 1. The van der Waals surface area contributed by atoms with Crippen LogP contribution in [-0.2, 0) is 11.2 Å². The van der Waals surface area contributed by atoms with E-state index in [1.165, 1.54) is 11.1 Å². The van der Waals surface area contributed by atoms with Gasteiger partial charge >= 0.3 is 0 Å². The highest BCUT2D eigenvalue weighted by Gasteiger charge is 2.14. The molecule has 0 aliphatic rings. The fourth-order valence-corrected chi connectivity index (χ4v) is 2.79. The van der Waals surface area contributed by atoms with Crippen molar-refractivity contribution in [3.05, 3.63) is 71.8 Å². The van der Waals surface area contributed by atoms with Gasteiger partial charge in [0, 0.05) is 12.5 Å². The van der Waals surface area contributed by atoms with E-state index in [4.69, 9.17) is 5.73 Å². The molecule has 136 valence electrons. The Hall–Kier alpha value is -1.84. The van der Waals surface area contributed by atoms with Gasteiger partial charge in [-0.05, 0) is 43.7 Å². The molecular weight excluding hydrogens is 332 g/mol. The number of aryl methyl sites for hydroxylation is 1. The predicted octanol–water partition coefficient (Wildman–Crippen LogP) is 4.42.